The van der Waals surface area contributed by atoms with Crippen molar-refractivity contribution in [3.8, 4) is 5.75 Å². The number of amides is 1. The second kappa shape index (κ2) is 7.93. The topological polar surface area (TPSA) is 54.5 Å². The van der Waals surface area contributed by atoms with Crippen LogP contribution in [-0.4, -0.2) is 42.0 Å². The van der Waals surface area contributed by atoms with E-state index in [1.54, 1.807) is 12.4 Å². The summed E-state index contributed by atoms with van der Waals surface area (Å²) in [5.74, 6) is 0.747. The van der Waals surface area contributed by atoms with Gasteiger partial charge in [0.15, 0.2) is 0 Å². The second-order valence-corrected chi connectivity index (χ2v) is 6.08. The van der Waals surface area contributed by atoms with Crippen molar-refractivity contribution in [2.75, 3.05) is 20.1 Å². The van der Waals surface area contributed by atoms with Crippen molar-refractivity contribution in [1.82, 2.24) is 15.2 Å². The van der Waals surface area contributed by atoms with Gasteiger partial charge in [-0.05, 0) is 50.2 Å². The molecule has 126 valence electrons. The van der Waals surface area contributed by atoms with E-state index in [4.69, 9.17) is 4.74 Å². The Morgan fingerprint density at radius 2 is 2.12 bits per heavy atom. The van der Waals surface area contributed by atoms with E-state index in [1.165, 1.54) is 0 Å². The highest BCUT2D eigenvalue weighted by atomic mass is 16.5. The SMILES string of the molecule is CN(C(=O)c1cccc(OCc2cccnc2)c1)C1CCNCC1. The van der Waals surface area contributed by atoms with Crippen molar-refractivity contribution in [3.63, 3.8) is 0 Å². The standard InChI is InChI=1S/C19H23N3O2/c1-22(17-7-10-20-11-8-17)19(23)16-5-2-6-18(12-16)24-14-15-4-3-9-21-13-15/h2-6,9,12-13,17,20H,7-8,10-11,14H2,1H3. The highest BCUT2D eigenvalue weighted by molar-refractivity contribution is 5.94. The van der Waals surface area contributed by atoms with E-state index in [1.807, 2.05) is 48.3 Å². The molecule has 1 aromatic heterocycles. The van der Waals surface area contributed by atoms with Crippen LogP contribution in [0, 0.1) is 0 Å². The molecular formula is C19H23N3O2. The summed E-state index contributed by atoms with van der Waals surface area (Å²) in [4.78, 5) is 18.6. The van der Waals surface area contributed by atoms with Crippen LogP contribution in [0.25, 0.3) is 0 Å². The van der Waals surface area contributed by atoms with Gasteiger partial charge in [-0.15, -0.1) is 0 Å². The molecule has 2 heterocycles. The molecular weight excluding hydrogens is 302 g/mol. The van der Waals surface area contributed by atoms with E-state index in [9.17, 15) is 4.79 Å². The first kappa shape index (κ1) is 16.5. The molecule has 1 aliphatic heterocycles. The summed E-state index contributed by atoms with van der Waals surface area (Å²) >= 11 is 0. The monoisotopic (exact) mass is 325 g/mol. The number of carbonyl (C=O) groups excluding carboxylic acids is 1. The minimum atomic E-state index is 0.0497. The first-order chi connectivity index (χ1) is 11.7. The van der Waals surface area contributed by atoms with Gasteiger partial charge in [-0.25, -0.2) is 0 Å². The zero-order valence-corrected chi connectivity index (χ0v) is 13.9. The molecule has 0 saturated carbocycles. The van der Waals surface area contributed by atoms with Gasteiger partial charge in [-0.3, -0.25) is 9.78 Å². The number of hydrogen-bond donors (Lipinski definition) is 1. The number of rotatable bonds is 5. The molecule has 1 amide bonds. The van der Waals surface area contributed by atoms with Crippen LogP contribution in [0.15, 0.2) is 48.8 Å². The van der Waals surface area contributed by atoms with Gasteiger partial charge in [0, 0.05) is 36.6 Å². The molecule has 1 N–H and O–H groups in total. The lowest BCUT2D eigenvalue weighted by Crippen LogP contribution is -2.43. The molecule has 24 heavy (non-hydrogen) atoms. The third-order valence-electron chi connectivity index (χ3n) is 4.39. The fourth-order valence-electron chi connectivity index (χ4n) is 2.93. The van der Waals surface area contributed by atoms with Gasteiger partial charge < -0.3 is 15.0 Å². The first-order valence-corrected chi connectivity index (χ1v) is 8.33. The van der Waals surface area contributed by atoms with Crippen molar-refractivity contribution in [2.45, 2.75) is 25.5 Å². The van der Waals surface area contributed by atoms with Crippen LogP contribution < -0.4 is 10.1 Å². The predicted molar refractivity (Wildman–Crippen MR) is 93.0 cm³/mol. The Labute approximate surface area is 142 Å². The molecule has 5 heteroatoms. The molecule has 2 aromatic rings. The Balaban J connectivity index is 1.64. The average molecular weight is 325 g/mol. The molecule has 0 bridgehead atoms. The van der Waals surface area contributed by atoms with Crippen molar-refractivity contribution in [1.29, 1.82) is 0 Å². The number of ether oxygens (including phenoxy) is 1. The molecule has 0 radical (unpaired) electrons. The maximum atomic E-state index is 12.7. The summed E-state index contributed by atoms with van der Waals surface area (Å²) in [6.07, 6.45) is 5.51. The second-order valence-electron chi connectivity index (χ2n) is 6.08. The minimum absolute atomic E-state index is 0.0497. The third-order valence-corrected chi connectivity index (χ3v) is 4.39. The Hall–Kier alpha value is -2.40. The van der Waals surface area contributed by atoms with Gasteiger partial charge in [-0.1, -0.05) is 12.1 Å². The van der Waals surface area contributed by atoms with Gasteiger partial charge in [-0.2, -0.15) is 0 Å². The summed E-state index contributed by atoms with van der Waals surface area (Å²) in [6, 6.07) is 11.5. The average Bonchev–Trinajstić information content (AvgIpc) is 2.67. The lowest BCUT2D eigenvalue weighted by molar-refractivity contribution is 0.0702. The van der Waals surface area contributed by atoms with Gasteiger partial charge in [0.05, 0.1) is 0 Å². The maximum absolute atomic E-state index is 12.7. The molecule has 5 nitrogen and oxygen atoms in total. The molecule has 1 aromatic carbocycles. The van der Waals surface area contributed by atoms with E-state index in [-0.39, 0.29) is 5.91 Å². The first-order valence-electron chi connectivity index (χ1n) is 8.33. The van der Waals surface area contributed by atoms with Gasteiger partial charge in [0.25, 0.3) is 5.91 Å². The highest BCUT2D eigenvalue weighted by Gasteiger charge is 2.23. The number of benzene rings is 1. The van der Waals surface area contributed by atoms with Crippen LogP contribution in [0.3, 0.4) is 0 Å². The number of aromatic nitrogens is 1. The minimum Gasteiger partial charge on any atom is -0.489 e. The predicted octanol–water partition coefficient (Wildman–Crippen LogP) is 2.48. The Morgan fingerprint density at radius 3 is 2.88 bits per heavy atom. The lowest BCUT2D eigenvalue weighted by Gasteiger charge is -2.31. The molecule has 0 spiro atoms. The summed E-state index contributed by atoms with van der Waals surface area (Å²) in [5, 5.41) is 3.33. The van der Waals surface area contributed by atoms with E-state index < -0.39 is 0 Å². The summed E-state index contributed by atoms with van der Waals surface area (Å²) in [5.41, 5.74) is 1.67. The van der Waals surface area contributed by atoms with Crippen LogP contribution >= 0.6 is 0 Å². The lowest BCUT2D eigenvalue weighted by atomic mass is 10.0. The number of pyridine rings is 1. The number of piperidine rings is 1. The largest absolute Gasteiger partial charge is 0.489 e. The molecule has 0 aliphatic carbocycles. The number of hydrogen-bond acceptors (Lipinski definition) is 4. The van der Waals surface area contributed by atoms with E-state index in [0.29, 0.717) is 24.0 Å². The molecule has 0 unspecified atom stereocenters. The zero-order chi connectivity index (χ0) is 16.8. The van der Waals surface area contributed by atoms with Crippen molar-refractivity contribution >= 4 is 5.91 Å². The fourth-order valence-corrected chi connectivity index (χ4v) is 2.93. The maximum Gasteiger partial charge on any atom is 0.253 e. The van der Waals surface area contributed by atoms with Gasteiger partial charge in [0.2, 0.25) is 0 Å². The van der Waals surface area contributed by atoms with Gasteiger partial charge >= 0.3 is 0 Å². The third kappa shape index (κ3) is 4.11. The van der Waals surface area contributed by atoms with E-state index in [2.05, 4.69) is 10.3 Å². The van der Waals surface area contributed by atoms with E-state index in [0.717, 1.165) is 31.5 Å². The highest BCUT2D eigenvalue weighted by Crippen LogP contribution is 2.19. The number of carbonyl (C=O) groups is 1. The Kier molecular flexibility index (Phi) is 5.43. The zero-order valence-electron chi connectivity index (χ0n) is 13.9. The van der Waals surface area contributed by atoms with Crippen molar-refractivity contribution in [3.05, 3.63) is 59.9 Å². The number of nitrogens with one attached hydrogen (secondary N) is 1. The van der Waals surface area contributed by atoms with Crippen molar-refractivity contribution < 1.29 is 9.53 Å². The van der Waals surface area contributed by atoms with Crippen LogP contribution in [0.1, 0.15) is 28.8 Å². The van der Waals surface area contributed by atoms with Crippen LogP contribution in [-0.2, 0) is 6.61 Å². The number of nitrogens with zero attached hydrogens (tertiary/aromatic N) is 2. The van der Waals surface area contributed by atoms with Crippen LogP contribution in [0.4, 0.5) is 0 Å². The molecule has 3 rings (SSSR count). The van der Waals surface area contributed by atoms with Crippen LogP contribution in [0.5, 0.6) is 5.75 Å². The molecule has 1 fully saturated rings. The van der Waals surface area contributed by atoms with E-state index >= 15 is 0 Å². The van der Waals surface area contributed by atoms with Crippen molar-refractivity contribution in [2.24, 2.45) is 0 Å². The normalized spacial score (nSPS) is 15.0. The fraction of sp³-hybridized carbons (Fsp3) is 0.368. The molecule has 1 saturated heterocycles. The quantitative estimate of drug-likeness (QED) is 0.918. The Morgan fingerprint density at radius 1 is 1.29 bits per heavy atom. The summed E-state index contributed by atoms with van der Waals surface area (Å²) in [6.45, 7) is 2.38. The molecule has 0 atom stereocenters. The molecule has 1 aliphatic rings. The summed E-state index contributed by atoms with van der Waals surface area (Å²) in [7, 11) is 1.89. The smallest absolute Gasteiger partial charge is 0.253 e. The Bertz CT molecular complexity index is 669. The van der Waals surface area contributed by atoms with Gasteiger partial charge in [0.1, 0.15) is 12.4 Å². The van der Waals surface area contributed by atoms with Crippen LogP contribution in [0.2, 0.25) is 0 Å². The summed E-state index contributed by atoms with van der Waals surface area (Å²) < 4.78 is 5.79.